The van der Waals surface area contributed by atoms with Crippen molar-refractivity contribution in [1.82, 2.24) is 0 Å². The summed E-state index contributed by atoms with van der Waals surface area (Å²) in [6, 6.07) is 17.0. The molecule has 1 unspecified atom stereocenters. The van der Waals surface area contributed by atoms with E-state index < -0.39 is 41.9 Å². The first-order chi connectivity index (χ1) is 13.6. The summed E-state index contributed by atoms with van der Waals surface area (Å²) in [6.07, 6.45) is -4.84. The van der Waals surface area contributed by atoms with Gasteiger partial charge in [-0.1, -0.05) is 60.7 Å². The summed E-state index contributed by atoms with van der Waals surface area (Å²) in [5, 5.41) is 22.3. The molecule has 8 heteroatoms. The fourth-order valence-electron chi connectivity index (χ4n) is 3.47. The van der Waals surface area contributed by atoms with E-state index in [1.807, 2.05) is 60.7 Å². The zero-order valence-corrected chi connectivity index (χ0v) is 15.0. The van der Waals surface area contributed by atoms with Crippen LogP contribution < -0.4 is 0 Å². The number of rotatable bonds is 5. The molecule has 0 saturated carbocycles. The Balaban J connectivity index is 1.47. The van der Waals surface area contributed by atoms with E-state index in [2.05, 4.69) is 0 Å². The Bertz CT molecular complexity index is 788. The van der Waals surface area contributed by atoms with Gasteiger partial charge in [-0.25, -0.2) is 0 Å². The standard InChI is InChI=1S/C20H21NO7/c22-17-16(21(23)24)20(25-11-13-7-3-1-4-8-13)27-15-12-26-19(28-18(15)17)14-9-5-2-6-10-14/h1-10,15-20,22H,11-12H2/t15-,16-,17+,18-,19?,20-/m1/s1. The van der Waals surface area contributed by atoms with Crippen LogP contribution in [0.15, 0.2) is 60.7 Å². The van der Waals surface area contributed by atoms with Crippen molar-refractivity contribution in [2.24, 2.45) is 0 Å². The van der Waals surface area contributed by atoms with Crippen LogP contribution in [0.2, 0.25) is 0 Å². The highest BCUT2D eigenvalue weighted by Crippen LogP contribution is 2.35. The van der Waals surface area contributed by atoms with Crippen LogP contribution in [-0.4, -0.2) is 47.3 Å². The number of aliphatic hydroxyl groups is 1. The summed E-state index contributed by atoms with van der Waals surface area (Å²) < 4.78 is 22.9. The van der Waals surface area contributed by atoms with E-state index >= 15 is 0 Å². The van der Waals surface area contributed by atoms with Crippen LogP contribution in [0.5, 0.6) is 0 Å². The third-order valence-corrected chi connectivity index (χ3v) is 4.91. The number of ether oxygens (including phenoxy) is 4. The van der Waals surface area contributed by atoms with Crippen LogP contribution in [0.4, 0.5) is 0 Å². The molecule has 0 aromatic heterocycles. The summed E-state index contributed by atoms with van der Waals surface area (Å²) >= 11 is 0. The first kappa shape index (κ1) is 19.0. The Hall–Kier alpha value is -2.36. The Labute approximate surface area is 161 Å². The normalized spacial score (nSPS) is 32.5. The van der Waals surface area contributed by atoms with Crippen LogP contribution in [0.25, 0.3) is 0 Å². The lowest BCUT2D eigenvalue weighted by atomic mass is 9.96. The van der Waals surface area contributed by atoms with E-state index in [0.717, 1.165) is 11.1 Å². The molecule has 0 radical (unpaired) electrons. The van der Waals surface area contributed by atoms with E-state index in [4.69, 9.17) is 18.9 Å². The van der Waals surface area contributed by atoms with E-state index in [1.165, 1.54) is 0 Å². The number of fused-ring (bicyclic) bond motifs is 1. The average Bonchev–Trinajstić information content (AvgIpc) is 2.73. The highest BCUT2D eigenvalue weighted by atomic mass is 16.8. The molecule has 0 aliphatic carbocycles. The lowest BCUT2D eigenvalue weighted by Gasteiger charge is -2.44. The molecule has 2 aromatic carbocycles. The maximum atomic E-state index is 11.6. The van der Waals surface area contributed by atoms with Crippen molar-refractivity contribution in [2.45, 2.75) is 43.5 Å². The predicted octanol–water partition coefficient (Wildman–Crippen LogP) is 2.05. The highest BCUT2D eigenvalue weighted by Gasteiger charge is 2.55. The zero-order valence-electron chi connectivity index (χ0n) is 15.0. The van der Waals surface area contributed by atoms with Crippen LogP contribution >= 0.6 is 0 Å². The molecule has 2 fully saturated rings. The van der Waals surface area contributed by atoms with Crippen LogP contribution in [0.3, 0.4) is 0 Å². The number of nitro groups is 1. The summed E-state index contributed by atoms with van der Waals surface area (Å²) in [7, 11) is 0. The molecular formula is C20H21NO7. The third-order valence-electron chi connectivity index (χ3n) is 4.91. The molecule has 4 rings (SSSR count). The molecule has 2 heterocycles. The van der Waals surface area contributed by atoms with Gasteiger partial charge in [-0.2, -0.15) is 0 Å². The molecule has 0 bridgehead atoms. The maximum Gasteiger partial charge on any atom is 0.291 e. The van der Waals surface area contributed by atoms with Gasteiger partial charge in [0.1, 0.15) is 12.2 Å². The number of benzene rings is 2. The van der Waals surface area contributed by atoms with Gasteiger partial charge in [0.05, 0.1) is 13.2 Å². The van der Waals surface area contributed by atoms with E-state index in [9.17, 15) is 15.2 Å². The second kappa shape index (κ2) is 8.34. The first-order valence-electron chi connectivity index (χ1n) is 9.08. The second-order valence-corrected chi connectivity index (χ2v) is 6.78. The number of nitrogens with zero attached hydrogens (tertiary/aromatic N) is 1. The third kappa shape index (κ3) is 3.91. The van der Waals surface area contributed by atoms with Gasteiger partial charge in [0.25, 0.3) is 6.04 Å². The topological polar surface area (TPSA) is 100 Å². The number of hydrogen-bond acceptors (Lipinski definition) is 7. The summed E-state index contributed by atoms with van der Waals surface area (Å²) in [6.45, 7) is 0.269. The van der Waals surface area contributed by atoms with Crippen molar-refractivity contribution in [3.8, 4) is 0 Å². The van der Waals surface area contributed by atoms with Crippen molar-refractivity contribution >= 4 is 0 Å². The fourth-order valence-corrected chi connectivity index (χ4v) is 3.47. The van der Waals surface area contributed by atoms with E-state index in [0.29, 0.717) is 0 Å². The molecule has 0 spiro atoms. The maximum absolute atomic E-state index is 11.6. The van der Waals surface area contributed by atoms with E-state index in [1.54, 1.807) is 0 Å². The number of aliphatic hydroxyl groups excluding tert-OH is 1. The highest BCUT2D eigenvalue weighted by molar-refractivity contribution is 5.17. The van der Waals surface area contributed by atoms with Gasteiger partial charge in [0.15, 0.2) is 12.4 Å². The van der Waals surface area contributed by atoms with Gasteiger partial charge >= 0.3 is 0 Å². The molecule has 8 nitrogen and oxygen atoms in total. The minimum absolute atomic E-state index is 0.133. The van der Waals surface area contributed by atoms with Crippen molar-refractivity contribution < 1.29 is 29.0 Å². The molecule has 2 aliphatic rings. The van der Waals surface area contributed by atoms with Gasteiger partial charge in [-0.05, 0) is 5.56 Å². The smallest absolute Gasteiger partial charge is 0.291 e. The monoisotopic (exact) mass is 387 g/mol. The van der Waals surface area contributed by atoms with Crippen LogP contribution in [0.1, 0.15) is 17.4 Å². The molecule has 2 saturated heterocycles. The molecule has 28 heavy (non-hydrogen) atoms. The predicted molar refractivity (Wildman–Crippen MR) is 96.7 cm³/mol. The summed E-state index contributed by atoms with van der Waals surface area (Å²) in [5.74, 6) is 0. The van der Waals surface area contributed by atoms with E-state index in [-0.39, 0.29) is 13.2 Å². The largest absolute Gasteiger partial charge is 0.383 e. The molecule has 6 atom stereocenters. The molecule has 0 amide bonds. The van der Waals surface area contributed by atoms with Gasteiger partial charge in [-0.3, -0.25) is 10.1 Å². The Morgan fingerprint density at radius 3 is 2.43 bits per heavy atom. The Kier molecular flexibility index (Phi) is 5.65. The Morgan fingerprint density at radius 1 is 1.07 bits per heavy atom. The lowest BCUT2D eigenvalue weighted by Crippen LogP contribution is -2.64. The van der Waals surface area contributed by atoms with Gasteiger partial charge in [0, 0.05) is 10.5 Å². The van der Waals surface area contributed by atoms with Gasteiger partial charge < -0.3 is 24.1 Å². The quantitative estimate of drug-likeness (QED) is 0.619. The van der Waals surface area contributed by atoms with Gasteiger partial charge in [-0.15, -0.1) is 0 Å². The number of hydrogen-bond donors (Lipinski definition) is 1. The van der Waals surface area contributed by atoms with Crippen molar-refractivity contribution in [3.63, 3.8) is 0 Å². The lowest BCUT2D eigenvalue weighted by molar-refractivity contribution is -0.579. The molecule has 148 valence electrons. The fraction of sp³-hybridized carbons (Fsp3) is 0.400. The zero-order chi connectivity index (χ0) is 19.5. The van der Waals surface area contributed by atoms with Crippen molar-refractivity contribution in [1.29, 1.82) is 0 Å². The minimum atomic E-state index is -1.46. The first-order valence-corrected chi connectivity index (χ1v) is 9.08. The summed E-state index contributed by atoms with van der Waals surface area (Å²) in [5.41, 5.74) is 1.62. The SMILES string of the molecule is O=[N+]([O-])[C@H]1[C@H](OCc2ccccc2)O[C@@H]2COC(c3ccccc3)O[C@H]2[C@H]1O. The Morgan fingerprint density at radius 2 is 1.75 bits per heavy atom. The van der Waals surface area contributed by atoms with Crippen LogP contribution in [-0.2, 0) is 25.6 Å². The molecule has 2 aliphatic heterocycles. The molecule has 1 N–H and O–H groups in total. The average molecular weight is 387 g/mol. The van der Waals surface area contributed by atoms with Crippen LogP contribution in [0, 0.1) is 10.1 Å². The molecular weight excluding hydrogens is 366 g/mol. The van der Waals surface area contributed by atoms with Crippen molar-refractivity contribution in [2.75, 3.05) is 6.61 Å². The van der Waals surface area contributed by atoms with Gasteiger partial charge in [0.2, 0.25) is 6.29 Å². The summed E-state index contributed by atoms with van der Waals surface area (Å²) in [4.78, 5) is 11.0. The molecule has 2 aromatic rings. The second-order valence-electron chi connectivity index (χ2n) is 6.78. The van der Waals surface area contributed by atoms with Crippen molar-refractivity contribution in [3.05, 3.63) is 81.9 Å². The minimum Gasteiger partial charge on any atom is -0.383 e.